The highest BCUT2D eigenvalue weighted by molar-refractivity contribution is 7.10. The van der Waals surface area contributed by atoms with Crippen LogP contribution in [-0.4, -0.2) is 24.5 Å². The van der Waals surface area contributed by atoms with Crippen molar-refractivity contribution in [2.75, 3.05) is 13.6 Å². The Morgan fingerprint density at radius 3 is 2.71 bits per heavy atom. The SMILES string of the molecule is CCCCCC(CN)N(C)C(C)c1cccs1. The zero-order valence-electron chi connectivity index (χ0n) is 11.4. The molecule has 1 aromatic heterocycles. The average Bonchev–Trinajstić information content (AvgIpc) is 2.87. The first-order chi connectivity index (χ1) is 8.20. The minimum atomic E-state index is 0.477. The fourth-order valence-corrected chi connectivity index (χ4v) is 3.00. The quantitative estimate of drug-likeness (QED) is 0.718. The summed E-state index contributed by atoms with van der Waals surface area (Å²) in [6.07, 6.45) is 5.11. The molecule has 1 heterocycles. The third-order valence-corrected chi connectivity index (χ3v) is 4.60. The lowest BCUT2D eigenvalue weighted by molar-refractivity contribution is 0.179. The van der Waals surface area contributed by atoms with Crippen LogP contribution in [0.1, 0.15) is 50.4 Å². The standard InChI is InChI=1S/C14H26N2S/c1-4-5-6-8-13(11-15)16(3)12(2)14-9-7-10-17-14/h7,9-10,12-13H,4-6,8,11,15H2,1-3H3. The van der Waals surface area contributed by atoms with Gasteiger partial charge < -0.3 is 5.73 Å². The Morgan fingerprint density at radius 1 is 1.41 bits per heavy atom. The molecular formula is C14H26N2S. The predicted octanol–water partition coefficient (Wildman–Crippen LogP) is 3.65. The maximum absolute atomic E-state index is 5.91. The van der Waals surface area contributed by atoms with E-state index in [9.17, 15) is 0 Å². The van der Waals surface area contributed by atoms with Gasteiger partial charge in [0.2, 0.25) is 0 Å². The van der Waals surface area contributed by atoms with Crippen LogP contribution in [0.15, 0.2) is 17.5 Å². The van der Waals surface area contributed by atoms with Gasteiger partial charge in [0.05, 0.1) is 0 Å². The maximum Gasteiger partial charge on any atom is 0.0413 e. The minimum absolute atomic E-state index is 0.477. The smallest absolute Gasteiger partial charge is 0.0413 e. The summed E-state index contributed by atoms with van der Waals surface area (Å²) in [6, 6.07) is 5.33. The van der Waals surface area contributed by atoms with E-state index < -0.39 is 0 Å². The summed E-state index contributed by atoms with van der Waals surface area (Å²) in [7, 11) is 2.20. The largest absolute Gasteiger partial charge is 0.329 e. The zero-order valence-corrected chi connectivity index (χ0v) is 12.2. The van der Waals surface area contributed by atoms with Crippen molar-refractivity contribution in [3.05, 3.63) is 22.4 Å². The monoisotopic (exact) mass is 254 g/mol. The Morgan fingerprint density at radius 2 is 2.18 bits per heavy atom. The van der Waals surface area contributed by atoms with Crippen LogP contribution < -0.4 is 5.73 Å². The van der Waals surface area contributed by atoms with Crippen molar-refractivity contribution in [1.82, 2.24) is 4.90 Å². The third kappa shape index (κ3) is 4.41. The lowest BCUT2D eigenvalue weighted by atomic mass is 10.1. The van der Waals surface area contributed by atoms with E-state index in [1.165, 1.54) is 30.6 Å². The number of likely N-dealkylation sites (N-methyl/N-ethyl adjacent to an activating group) is 1. The van der Waals surface area contributed by atoms with E-state index in [2.05, 4.69) is 43.3 Å². The molecule has 1 aromatic rings. The van der Waals surface area contributed by atoms with Crippen LogP contribution in [0.3, 0.4) is 0 Å². The molecule has 0 saturated heterocycles. The predicted molar refractivity (Wildman–Crippen MR) is 77.5 cm³/mol. The number of nitrogens with two attached hydrogens (primary N) is 1. The van der Waals surface area contributed by atoms with E-state index in [1.807, 2.05) is 11.3 Å². The summed E-state index contributed by atoms with van der Waals surface area (Å²) in [5, 5.41) is 2.15. The number of hydrogen-bond donors (Lipinski definition) is 1. The summed E-state index contributed by atoms with van der Waals surface area (Å²) in [5.74, 6) is 0. The first kappa shape index (κ1) is 14.7. The van der Waals surface area contributed by atoms with Gasteiger partial charge in [0.1, 0.15) is 0 Å². The zero-order chi connectivity index (χ0) is 12.7. The first-order valence-electron chi connectivity index (χ1n) is 6.66. The number of nitrogens with zero attached hydrogens (tertiary/aromatic N) is 1. The van der Waals surface area contributed by atoms with Crippen molar-refractivity contribution in [3.63, 3.8) is 0 Å². The molecule has 0 aliphatic carbocycles. The molecule has 17 heavy (non-hydrogen) atoms. The van der Waals surface area contributed by atoms with E-state index in [-0.39, 0.29) is 0 Å². The van der Waals surface area contributed by atoms with Crippen molar-refractivity contribution in [1.29, 1.82) is 0 Å². The van der Waals surface area contributed by atoms with Gasteiger partial charge in [-0.25, -0.2) is 0 Å². The van der Waals surface area contributed by atoms with Gasteiger partial charge in [0.15, 0.2) is 0 Å². The second-order valence-electron chi connectivity index (χ2n) is 4.74. The molecule has 2 unspecified atom stereocenters. The normalized spacial score (nSPS) is 15.1. The van der Waals surface area contributed by atoms with Gasteiger partial charge in [0.25, 0.3) is 0 Å². The van der Waals surface area contributed by atoms with Crippen molar-refractivity contribution in [3.8, 4) is 0 Å². The highest BCUT2D eigenvalue weighted by Crippen LogP contribution is 2.26. The van der Waals surface area contributed by atoms with Crippen LogP contribution in [0, 0.1) is 0 Å². The Hall–Kier alpha value is -0.380. The Labute approximate surface area is 110 Å². The molecule has 2 atom stereocenters. The molecule has 0 amide bonds. The summed E-state index contributed by atoms with van der Waals surface area (Å²) < 4.78 is 0. The van der Waals surface area contributed by atoms with Crippen molar-refractivity contribution in [2.45, 2.75) is 51.6 Å². The lowest BCUT2D eigenvalue weighted by Crippen LogP contribution is -2.39. The average molecular weight is 254 g/mol. The number of rotatable bonds is 8. The van der Waals surface area contributed by atoms with Crippen molar-refractivity contribution in [2.24, 2.45) is 5.73 Å². The van der Waals surface area contributed by atoms with Gasteiger partial charge in [-0.05, 0) is 31.8 Å². The van der Waals surface area contributed by atoms with Crippen LogP contribution in [0.25, 0.3) is 0 Å². The van der Waals surface area contributed by atoms with Crippen LogP contribution in [0.4, 0.5) is 0 Å². The summed E-state index contributed by atoms with van der Waals surface area (Å²) in [4.78, 5) is 3.86. The van der Waals surface area contributed by atoms with E-state index >= 15 is 0 Å². The number of hydrogen-bond acceptors (Lipinski definition) is 3. The maximum atomic E-state index is 5.91. The Balaban J connectivity index is 2.50. The molecule has 0 spiro atoms. The summed E-state index contributed by atoms with van der Waals surface area (Å²) in [5.41, 5.74) is 5.91. The molecular weight excluding hydrogens is 228 g/mol. The number of unbranched alkanes of at least 4 members (excludes halogenated alkanes) is 2. The van der Waals surface area contributed by atoms with Crippen LogP contribution in [0.2, 0.25) is 0 Å². The Kier molecular flexibility index (Phi) is 6.78. The molecule has 3 heteroatoms. The van der Waals surface area contributed by atoms with Gasteiger partial charge in [-0.3, -0.25) is 4.90 Å². The van der Waals surface area contributed by atoms with Gasteiger partial charge in [0, 0.05) is 23.5 Å². The van der Waals surface area contributed by atoms with E-state index in [4.69, 9.17) is 5.73 Å². The second kappa shape index (κ2) is 7.85. The minimum Gasteiger partial charge on any atom is -0.329 e. The van der Waals surface area contributed by atoms with Gasteiger partial charge in [-0.2, -0.15) is 0 Å². The van der Waals surface area contributed by atoms with E-state index in [0.717, 1.165) is 6.54 Å². The molecule has 0 radical (unpaired) electrons. The highest BCUT2D eigenvalue weighted by atomic mass is 32.1. The molecule has 98 valence electrons. The fraction of sp³-hybridized carbons (Fsp3) is 0.714. The molecule has 0 saturated carbocycles. The molecule has 0 aliphatic rings. The first-order valence-corrected chi connectivity index (χ1v) is 7.54. The van der Waals surface area contributed by atoms with E-state index in [1.54, 1.807) is 0 Å². The summed E-state index contributed by atoms with van der Waals surface area (Å²) in [6.45, 7) is 5.28. The molecule has 1 rings (SSSR count). The topological polar surface area (TPSA) is 29.3 Å². The molecule has 0 aliphatic heterocycles. The van der Waals surface area contributed by atoms with Crippen molar-refractivity contribution >= 4 is 11.3 Å². The van der Waals surface area contributed by atoms with Crippen LogP contribution in [-0.2, 0) is 0 Å². The van der Waals surface area contributed by atoms with Crippen LogP contribution >= 0.6 is 11.3 Å². The number of thiophene rings is 1. The third-order valence-electron chi connectivity index (χ3n) is 3.55. The second-order valence-corrected chi connectivity index (χ2v) is 5.72. The molecule has 0 aromatic carbocycles. The summed E-state index contributed by atoms with van der Waals surface area (Å²) >= 11 is 1.83. The van der Waals surface area contributed by atoms with Gasteiger partial charge in [-0.15, -0.1) is 11.3 Å². The van der Waals surface area contributed by atoms with Gasteiger partial charge in [-0.1, -0.05) is 32.3 Å². The lowest BCUT2D eigenvalue weighted by Gasteiger charge is -2.32. The van der Waals surface area contributed by atoms with Gasteiger partial charge >= 0.3 is 0 Å². The van der Waals surface area contributed by atoms with Crippen LogP contribution in [0.5, 0.6) is 0 Å². The molecule has 0 fully saturated rings. The highest BCUT2D eigenvalue weighted by Gasteiger charge is 2.19. The molecule has 2 nitrogen and oxygen atoms in total. The van der Waals surface area contributed by atoms with Crippen molar-refractivity contribution < 1.29 is 0 Å². The molecule has 0 bridgehead atoms. The van der Waals surface area contributed by atoms with E-state index in [0.29, 0.717) is 12.1 Å². The Bertz CT molecular complexity index is 284. The fourth-order valence-electron chi connectivity index (χ4n) is 2.16. The molecule has 2 N–H and O–H groups in total.